The lowest BCUT2D eigenvalue weighted by atomic mass is 10.1. The molecule has 0 aliphatic heterocycles. The molecule has 3 rings (SSSR count). The van der Waals surface area contributed by atoms with Gasteiger partial charge in [-0.3, -0.25) is 14.5 Å². The zero-order valence-corrected chi connectivity index (χ0v) is 18.4. The van der Waals surface area contributed by atoms with Crippen LogP contribution in [0.5, 0.6) is 0 Å². The maximum Gasteiger partial charge on any atom is 0.241 e. The molecule has 0 radical (unpaired) electrons. The molecule has 0 saturated carbocycles. The van der Waals surface area contributed by atoms with Crippen molar-refractivity contribution in [1.29, 1.82) is 0 Å². The number of benzene rings is 3. The Morgan fingerprint density at radius 1 is 0.933 bits per heavy atom. The monoisotopic (exact) mass is 421 g/mol. The Hall–Kier alpha value is -2.83. The SMILES string of the molecule is CCN(C(=O)CN(C)CC(=O)Nc1ccccc1SC)c1cccc2ccccc12. The fourth-order valence-electron chi connectivity index (χ4n) is 3.48. The van der Waals surface area contributed by atoms with Crippen LogP contribution in [0.25, 0.3) is 10.8 Å². The number of hydrogen-bond donors (Lipinski definition) is 1. The molecule has 0 spiro atoms. The second-order valence-corrected chi connectivity index (χ2v) is 7.91. The largest absolute Gasteiger partial charge is 0.324 e. The summed E-state index contributed by atoms with van der Waals surface area (Å²) in [6.45, 7) is 2.83. The molecule has 0 bridgehead atoms. The fraction of sp³-hybridized carbons (Fsp3) is 0.250. The normalized spacial score (nSPS) is 10.9. The number of hydrogen-bond acceptors (Lipinski definition) is 4. The molecule has 0 saturated heterocycles. The quantitative estimate of drug-likeness (QED) is 0.545. The molecular weight excluding hydrogens is 394 g/mol. The maximum atomic E-state index is 13.0. The lowest BCUT2D eigenvalue weighted by Crippen LogP contribution is -2.41. The molecule has 0 atom stereocenters. The molecule has 156 valence electrons. The Bertz CT molecular complexity index is 1030. The molecule has 3 aromatic carbocycles. The van der Waals surface area contributed by atoms with E-state index in [0.29, 0.717) is 6.54 Å². The van der Waals surface area contributed by atoms with Crippen molar-refractivity contribution in [2.45, 2.75) is 11.8 Å². The van der Waals surface area contributed by atoms with E-state index in [-0.39, 0.29) is 24.9 Å². The van der Waals surface area contributed by atoms with E-state index in [1.807, 2.05) is 79.9 Å². The summed E-state index contributed by atoms with van der Waals surface area (Å²) >= 11 is 1.58. The third-order valence-corrected chi connectivity index (χ3v) is 5.67. The van der Waals surface area contributed by atoms with Gasteiger partial charge in [0.1, 0.15) is 0 Å². The molecule has 1 N–H and O–H groups in total. The van der Waals surface area contributed by atoms with Gasteiger partial charge in [0.15, 0.2) is 0 Å². The minimum Gasteiger partial charge on any atom is -0.324 e. The fourth-order valence-corrected chi connectivity index (χ4v) is 4.03. The van der Waals surface area contributed by atoms with Crippen LogP contribution >= 0.6 is 11.8 Å². The van der Waals surface area contributed by atoms with Crippen molar-refractivity contribution in [3.05, 3.63) is 66.7 Å². The highest BCUT2D eigenvalue weighted by Gasteiger charge is 2.19. The van der Waals surface area contributed by atoms with Gasteiger partial charge in [-0.1, -0.05) is 48.5 Å². The first kappa shape index (κ1) is 21.9. The number of thioether (sulfide) groups is 1. The third kappa shape index (κ3) is 5.20. The second-order valence-electron chi connectivity index (χ2n) is 7.06. The standard InChI is InChI=1S/C24H27N3O2S/c1-4-27(21-14-9-11-18-10-5-6-12-19(18)21)24(29)17-26(2)16-23(28)25-20-13-7-8-15-22(20)30-3/h5-15H,4,16-17H2,1-3H3,(H,25,28). The highest BCUT2D eigenvalue weighted by atomic mass is 32.2. The van der Waals surface area contributed by atoms with Crippen LogP contribution in [0.3, 0.4) is 0 Å². The minimum atomic E-state index is -0.139. The zero-order chi connectivity index (χ0) is 21.5. The second kappa shape index (κ2) is 10.3. The van der Waals surface area contributed by atoms with E-state index in [4.69, 9.17) is 0 Å². The summed E-state index contributed by atoms with van der Waals surface area (Å²) < 4.78 is 0. The molecule has 0 heterocycles. The summed E-state index contributed by atoms with van der Waals surface area (Å²) in [5.41, 5.74) is 1.69. The van der Waals surface area contributed by atoms with Crippen molar-refractivity contribution >= 4 is 45.7 Å². The third-order valence-electron chi connectivity index (χ3n) is 4.87. The van der Waals surface area contributed by atoms with E-state index < -0.39 is 0 Å². The number of anilines is 2. The molecule has 0 aromatic heterocycles. The lowest BCUT2D eigenvalue weighted by Gasteiger charge is -2.25. The summed E-state index contributed by atoms with van der Waals surface area (Å²) in [6, 6.07) is 21.7. The van der Waals surface area contributed by atoms with Crippen molar-refractivity contribution in [1.82, 2.24) is 4.90 Å². The number of likely N-dealkylation sites (N-methyl/N-ethyl adjacent to an activating group) is 2. The molecule has 0 fully saturated rings. The predicted molar refractivity (Wildman–Crippen MR) is 126 cm³/mol. The molecule has 0 unspecified atom stereocenters. The highest BCUT2D eigenvalue weighted by molar-refractivity contribution is 7.98. The van der Waals surface area contributed by atoms with Crippen molar-refractivity contribution in [2.24, 2.45) is 0 Å². The van der Waals surface area contributed by atoms with Crippen LogP contribution in [-0.4, -0.2) is 49.7 Å². The van der Waals surface area contributed by atoms with Crippen molar-refractivity contribution < 1.29 is 9.59 Å². The van der Waals surface area contributed by atoms with E-state index in [0.717, 1.165) is 27.0 Å². The van der Waals surface area contributed by atoms with Crippen molar-refractivity contribution in [3.8, 4) is 0 Å². The van der Waals surface area contributed by atoms with Crippen LogP contribution in [0, 0.1) is 0 Å². The summed E-state index contributed by atoms with van der Waals surface area (Å²) in [4.78, 5) is 30.0. The Kier molecular flexibility index (Phi) is 7.49. The van der Waals surface area contributed by atoms with Gasteiger partial charge in [-0.05, 0) is 43.8 Å². The van der Waals surface area contributed by atoms with Crippen LogP contribution in [0.15, 0.2) is 71.6 Å². The van der Waals surface area contributed by atoms with E-state index >= 15 is 0 Å². The van der Waals surface area contributed by atoms with Gasteiger partial charge in [0.05, 0.1) is 24.5 Å². The Morgan fingerprint density at radius 2 is 1.63 bits per heavy atom. The summed E-state index contributed by atoms with van der Waals surface area (Å²) in [5.74, 6) is -0.173. The van der Waals surface area contributed by atoms with Gasteiger partial charge in [-0.15, -0.1) is 11.8 Å². The number of nitrogens with zero attached hydrogens (tertiary/aromatic N) is 2. The summed E-state index contributed by atoms with van der Waals surface area (Å²) in [5, 5.41) is 5.08. The number of carbonyl (C=O) groups is 2. The first-order chi connectivity index (χ1) is 14.5. The molecule has 3 aromatic rings. The molecular formula is C24H27N3O2S. The van der Waals surface area contributed by atoms with Gasteiger partial charge < -0.3 is 10.2 Å². The topological polar surface area (TPSA) is 52.7 Å². The van der Waals surface area contributed by atoms with Gasteiger partial charge in [-0.2, -0.15) is 0 Å². The molecule has 2 amide bonds. The van der Waals surface area contributed by atoms with E-state index in [9.17, 15) is 9.59 Å². The number of carbonyl (C=O) groups excluding carboxylic acids is 2. The van der Waals surface area contributed by atoms with Gasteiger partial charge >= 0.3 is 0 Å². The number of amides is 2. The van der Waals surface area contributed by atoms with Gasteiger partial charge in [-0.25, -0.2) is 0 Å². The number of para-hydroxylation sites is 1. The van der Waals surface area contributed by atoms with E-state index in [1.165, 1.54) is 0 Å². The Morgan fingerprint density at radius 3 is 2.40 bits per heavy atom. The number of fused-ring (bicyclic) bond motifs is 1. The van der Waals surface area contributed by atoms with Crippen LogP contribution in [0.1, 0.15) is 6.92 Å². The Labute approximate surface area is 182 Å². The molecule has 30 heavy (non-hydrogen) atoms. The maximum absolute atomic E-state index is 13.0. The van der Waals surface area contributed by atoms with Crippen molar-refractivity contribution in [3.63, 3.8) is 0 Å². The average Bonchev–Trinajstić information content (AvgIpc) is 2.74. The predicted octanol–water partition coefficient (Wildman–Crippen LogP) is 4.49. The molecule has 5 nitrogen and oxygen atoms in total. The minimum absolute atomic E-state index is 0.0336. The smallest absolute Gasteiger partial charge is 0.241 e. The first-order valence-electron chi connectivity index (χ1n) is 9.93. The first-order valence-corrected chi connectivity index (χ1v) is 11.2. The van der Waals surface area contributed by atoms with Gasteiger partial charge in [0, 0.05) is 16.8 Å². The van der Waals surface area contributed by atoms with Crippen molar-refractivity contribution in [2.75, 3.05) is 43.2 Å². The van der Waals surface area contributed by atoms with Crippen LogP contribution < -0.4 is 10.2 Å². The molecule has 0 aliphatic carbocycles. The lowest BCUT2D eigenvalue weighted by molar-refractivity contribution is -0.120. The van der Waals surface area contributed by atoms with Crippen LogP contribution in [0.2, 0.25) is 0 Å². The number of rotatable bonds is 8. The molecule has 0 aliphatic rings. The Balaban J connectivity index is 1.65. The summed E-state index contributed by atoms with van der Waals surface area (Å²) in [6.07, 6.45) is 1.97. The van der Waals surface area contributed by atoms with Crippen LogP contribution in [-0.2, 0) is 9.59 Å². The van der Waals surface area contributed by atoms with E-state index in [2.05, 4.69) is 5.32 Å². The summed E-state index contributed by atoms with van der Waals surface area (Å²) in [7, 11) is 1.79. The van der Waals surface area contributed by atoms with Crippen LogP contribution in [0.4, 0.5) is 11.4 Å². The molecule has 6 heteroatoms. The van der Waals surface area contributed by atoms with Gasteiger partial charge in [0.2, 0.25) is 11.8 Å². The average molecular weight is 422 g/mol. The van der Waals surface area contributed by atoms with E-state index in [1.54, 1.807) is 28.6 Å². The highest BCUT2D eigenvalue weighted by Crippen LogP contribution is 2.27. The number of nitrogens with one attached hydrogen (secondary N) is 1. The zero-order valence-electron chi connectivity index (χ0n) is 17.6. The van der Waals surface area contributed by atoms with Gasteiger partial charge in [0.25, 0.3) is 0 Å².